The lowest BCUT2D eigenvalue weighted by Gasteiger charge is -2.24. The molecule has 12 heteroatoms. The van der Waals surface area contributed by atoms with Crippen LogP contribution in [0.5, 0.6) is 0 Å². The summed E-state index contributed by atoms with van der Waals surface area (Å²) >= 11 is 0. The molecule has 6 atom stereocenters. The molecule has 0 saturated heterocycles. The quantitative estimate of drug-likeness (QED) is 0.0138. The molecule has 58 heavy (non-hydrogen) atoms. The molecule has 1 rings (SSSR count). The highest BCUT2D eigenvalue weighted by Gasteiger charge is 2.39. The maximum absolute atomic E-state index is 12.8. The molecule has 0 radical (unpaired) electrons. The Morgan fingerprint density at radius 2 is 1.40 bits per heavy atom. The lowest BCUT2D eigenvalue weighted by molar-refractivity contribution is -0.870. The minimum atomic E-state index is -4.37. The molecule has 1 fully saturated rings. The number of carbonyl (C=O) groups excluding carboxylic acids is 2. The number of esters is 1. The highest BCUT2D eigenvalue weighted by Crippen LogP contribution is 2.43. The first-order chi connectivity index (χ1) is 27.8. The van der Waals surface area contributed by atoms with Crippen LogP contribution in [0.3, 0.4) is 0 Å². The Bertz CT molecular complexity index is 1230. The number of allylic oxidation sites excluding steroid dienone is 6. The van der Waals surface area contributed by atoms with Crippen LogP contribution in [0.25, 0.3) is 0 Å². The van der Waals surface area contributed by atoms with Crippen LogP contribution in [0.2, 0.25) is 0 Å². The van der Waals surface area contributed by atoms with Gasteiger partial charge in [-0.1, -0.05) is 115 Å². The molecule has 0 aromatic carbocycles. The first kappa shape index (κ1) is 53.9. The number of aliphatic hydroxyl groups excluding tert-OH is 2. The lowest BCUT2D eigenvalue weighted by Crippen LogP contribution is -2.37. The predicted octanol–water partition coefficient (Wildman–Crippen LogP) is 10.1. The number of ketones is 1. The van der Waals surface area contributed by atoms with Crippen molar-refractivity contribution in [3.05, 3.63) is 48.8 Å². The van der Waals surface area contributed by atoms with E-state index in [-0.39, 0.29) is 44.4 Å². The second-order valence-electron chi connectivity index (χ2n) is 16.9. The predicted molar refractivity (Wildman–Crippen MR) is 234 cm³/mol. The highest BCUT2D eigenvalue weighted by molar-refractivity contribution is 7.47. The van der Waals surface area contributed by atoms with Gasteiger partial charge in [-0.05, 0) is 70.3 Å². The van der Waals surface area contributed by atoms with E-state index in [1.165, 1.54) is 57.8 Å². The Kier molecular flexibility index (Phi) is 31.2. The van der Waals surface area contributed by atoms with Gasteiger partial charge in [-0.2, -0.15) is 0 Å². The number of rotatable bonds is 37. The van der Waals surface area contributed by atoms with Crippen LogP contribution in [0.4, 0.5) is 0 Å². The van der Waals surface area contributed by atoms with E-state index in [1.807, 2.05) is 39.4 Å². The zero-order valence-electron chi connectivity index (χ0n) is 37.0. The Morgan fingerprint density at radius 3 is 2.05 bits per heavy atom. The molecule has 0 heterocycles. The van der Waals surface area contributed by atoms with E-state index < -0.39 is 38.0 Å². The van der Waals surface area contributed by atoms with Crippen LogP contribution in [-0.2, 0) is 32.7 Å². The van der Waals surface area contributed by atoms with Gasteiger partial charge in [0.05, 0.1) is 46.2 Å². The minimum Gasteiger partial charge on any atom is -0.498 e. The van der Waals surface area contributed by atoms with E-state index in [0.29, 0.717) is 36.7 Å². The molecule has 3 N–H and O–H groups in total. The van der Waals surface area contributed by atoms with Crippen molar-refractivity contribution >= 4 is 19.6 Å². The number of likely N-dealkylation sites (N-methyl/N-ethyl adjacent to an activating group) is 1. The lowest BCUT2D eigenvalue weighted by atomic mass is 9.90. The Morgan fingerprint density at radius 1 is 0.810 bits per heavy atom. The normalized spacial score (nSPS) is 19.9. The number of ether oxygens (including phenoxy) is 2. The van der Waals surface area contributed by atoms with Crippen LogP contribution in [0.1, 0.15) is 155 Å². The van der Waals surface area contributed by atoms with Gasteiger partial charge in [-0.25, -0.2) is 4.57 Å². The van der Waals surface area contributed by atoms with Gasteiger partial charge in [0.15, 0.2) is 6.10 Å². The van der Waals surface area contributed by atoms with Gasteiger partial charge in [0.1, 0.15) is 25.5 Å². The van der Waals surface area contributed by atoms with Crippen LogP contribution >= 0.6 is 7.82 Å². The third-order valence-electron chi connectivity index (χ3n) is 10.3. The highest BCUT2D eigenvalue weighted by atomic mass is 31.2. The van der Waals surface area contributed by atoms with Crippen molar-refractivity contribution in [1.82, 2.24) is 0 Å². The summed E-state index contributed by atoms with van der Waals surface area (Å²) in [4.78, 5) is 35.5. The van der Waals surface area contributed by atoms with E-state index >= 15 is 0 Å². The van der Waals surface area contributed by atoms with Crippen molar-refractivity contribution in [2.24, 2.45) is 11.8 Å². The van der Waals surface area contributed by atoms with Gasteiger partial charge in [0.2, 0.25) is 0 Å². The van der Waals surface area contributed by atoms with E-state index in [9.17, 15) is 29.3 Å². The van der Waals surface area contributed by atoms with Crippen molar-refractivity contribution in [1.29, 1.82) is 0 Å². The summed E-state index contributed by atoms with van der Waals surface area (Å²) in [6, 6.07) is 0. The Labute approximate surface area is 352 Å². The van der Waals surface area contributed by atoms with Crippen LogP contribution in [-0.4, -0.2) is 97.2 Å². The van der Waals surface area contributed by atoms with Gasteiger partial charge >= 0.3 is 13.8 Å². The summed E-state index contributed by atoms with van der Waals surface area (Å²) in [5, 5.41) is 20.8. The smallest absolute Gasteiger partial charge is 0.472 e. The summed E-state index contributed by atoms with van der Waals surface area (Å²) in [6.07, 6.45) is 34.6. The standard InChI is InChI=1S/C46H82NO10P/c1-6-8-10-11-12-13-14-15-16-17-18-19-20-21-24-28-35-54-38-41(39-56-58(52,53)55-36-34-47(3,4)5)57-46(51)31-27-23-22-26-30-42-43(45(50)37-44(42)49)33-32-40(48)29-25-9-7-2/h15-16,22,26,28,32-33,35,40-44,48-49H,6-14,17-21,23-25,27,29-31,34,36-39H2,1-5H3/p+1/b16-15-,26-22-,33-32+,35-28+/t40-,41+,42+,43+,44-/m0/s1. The fourth-order valence-corrected chi connectivity index (χ4v) is 7.41. The topological polar surface area (TPSA) is 149 Å². The maximum atomic E-state index is 12.8. The molecule has 336 valence electrons. The number of phosphoric ester groups is 1. The second kappa shape index (κ2) is 33.6. The molecule has 0 spiro atoms. The molecular weight excluding hydrogens is 757 g/mol. The number of phosphoric acid groups is 1. The van der Waals surface area contributed by atoms with Crippen molar-refractivity contribution in [2.45, 2.75) is 173 Å². The average Bonchev–Trinajstić information content (AvgIpc) is 3.43. The number of hydrogen-bond acceptors (Lipinski definition) is 9. The van der Waals surface area contributed by atoms with E-state index in [0.717, 1.165) is 44.9 Å². The molecule has 11 nitrogen and oxygen atoms in total. The van der Waals surface area contributed by atoms with E-state index in [4.69, 9.17) is 18.5 Å². The molecule has 1 unspecified atom stereocenters. The summed E-state index contributed by atoms with van der Waals surface area (Å²) in [5.74, 6) is -1.17. The number of hydrogen-bond donors (Lipinski definition) is 3. The van der Waals surface area contributed by atoms with Gasteiger partial charge in [0, 0.05) is 24.7 Å². The summed E-state index contributed by atoms with van der Waals surface area (Å²) < 4.78 is 34.6. The number of nitrogens with zero attached hydrogens (tertiary/aromatic N) is 1. The van der Waals surface area contributed by atoms with E-state index in [1.54, 1.807) is 18.4 Å². The van der Waals surface area contributed by atoms with Crippen LogP contribution in [0.15, 0.2) is 48.8 Å². The fourth-order valence-electron chi connectivity index (χ4n) is 6.67. The molecule has 0 aromatic rings. The third kappa shape index (κ3) is 30.0. The van der Waals surface area contributed by atoms with Gasteiger partial charge < -0.3 is 29.1 Å². The number of unbranched alkanes of at least 4 members (excludes halogenated alkanes) is 14. The van der Waals surface area contributed by atoms with Crippen LogP contribution in [0, 0.1) is 11.8 Å². The first-order valence-corrected chi connectivity index (χ1v) is 24.0. The molecular formula is C46H83NO10P+. The molecule has 0 amide bonds. The second-order valence-corrected chi connectivity index (χ2v) is 18.4. The number of aliphatic hydroxyl groups is 2. The monoisotopic (exact) mass is 841 g/mol. The van der Waals surface area contributed by atoms with Crippen molar-refractivity contribution in [3.63, 3.8) is 0 Å². The molecule has 0 aromatic heterocycles. The molecule has 1 saturated carbocycles. The van der Waals surface area contributed by atoms with Gasteiger partial charge in [0.25, 0.3) is 0 Å². The molecule has 1 aliphatic rings. The first-order valence-electron chi connectivity index (χ1n) is 22.5. The summed E-state index contributed by atoms with van der Waals surface area (Å²) in [6.45, 7) is 4.49. The molecule has 0 aliphatic heterocycles. The molecule has 1 aliphatic carbocycles. The number of carbonyl (C=O) groups is 2. The maximum Gasteiger partial charge on any atom is 0.472 e. The molecule has 0 bridgehead atoms. The largest absolute Gasteiger partial charge is 0.498 e. The number of quaternary nitrogens is 1. The van der Waals surface area contributed by atoms with E-state index in [2.05, 4.69) is 26.0 Å². The third-order valence-corrected chi connectivity index (χ3v) is 11.3. The Balaban J connectivity index is 2.49. The Hall–Kier alpha value is -2.11. The van der Waals surface area contributed by atoms with Crippen molar-refractivity contribution in [2.75, 3.05) is 47.5 Å². The van der Waals surface area contributed by atoms with Crippen molar-refractivity contribution in [3.8, 4) is 0 Å². The summed E-state index contributed by atoms with van der Waals surface area (Å²) in [5.41, 5.74) is 0. The zero-order chi connectivity index (χ0) is 42.9. The van der Waals surface area contributed by atoms with Crippen LogP contribution < -0.4 is 0 Å². The minimum absolute atomic E-state index is 0.0139. The van der Waals surface area contributed by atoms with Gasteiger partial charge in [-0.3, -0.25) is 18.6 Å². The van der Waals surface area contributed by atoms with Crippen molar-refractivity contribution < 1.29 is 52.3 Å². The van der Waals surface area contributed by atoms with Gasteiger partial charge in [-0.15, -0.1) is 0 Å². The summed E-state index contributed by atoms with van der Waals surface area (Å²) in [7, 11) is 1.46. The SMILES string of the molecule is CCCCCCCC/C=C\CCCCCC/C=C/OC[C@H](COP(=O)(O)OCC[N+](C)(C)C)OC(=O)CCC/C=C\C[C@H]1[C@@H](O)CC(=O)[C@@H]1/C=C/[C@@H](O)CCCCC. The number of Topliss-reactive ketones (excluding diaryl/α,β-unsaturated/α-hetero) is 1. The average molecular weight is 841 g/mol. The fraction of sp³-hybridized carbons (Fsp3) is 0.783. The zero-order valence-corrected chi connectivity index (χ0v) is 37.9.